The van der Waals surface area contributed by atoms with Crippen LogP contribution in [0.5, 0.6) is 0 Å². The van der Waals surface area contributed by atoms with Crippen molar-refractivity contribution in [2.45, 2.75) is 39.8 Å². The van der Waals surface area contributed by atoms with Crippen LogP contribution in [0, 0.1) is 6.92 Å². The second-order valence-electron chi connectivity index (χ2n) is 6.22. The number of aryl methyl sites for hydroxylation is 1. The van der Waals surface area contributed by atoms with Gasteiger partial charge in [0.2, 0.25) is 0 Å². The number of guanidine groups is 1. The molecule has 0 spiro atoms. The number of hydrogen-bond acceptors (Lipinski definition) is 2. The van der Waals surface area contributed by atoms with Gasteiger partial charge in [0, 0.05) is 41.4 Å². The van der Waals surface area contributed by atoms with Crippen molar-refractivity contribution in [1.82, 2.24) is 15.2 Å². The molecule has 1 heterocycles. The average molecular weight is 409 g/mol. The first-order valence-corrected chi connectivity index (χ1v) is 9.89. The summed E-state index contributed by atoms with van der Waals surface area (Å²) in [5.74, 6) is 0.747. The van der Waals surface area contributed by atoms with Crippen molar-refractivity contribution in [2.24, 2.45) is 4.99 Å². The molecule has 1 aromatic carbocycles. The molecule has 0 radical (unpaired) electrons. The van der Waals surface area contributed by atoms with Gasteiger partial charge in [-0.3, -0.25) is 4.79 Å². The summed E-state index contributed by atoms with van der Waals surface area (Å²) in [4.78, 5) is 16.4. The SMILES string of the molecule is CCNC(=NCc1ccc(Cl)cc1Cl)NCCCCn1c(C)cccc1=O. The van der Waals surface area contributed by atoms with Gasteiger partial charge in [0.1, 0.15) is 0 Å². The summed E-state index contributed by atoms with van der Waals surface area (Å²) >= 11 is 12.1. The molecule has 0 bridgehead atoms. The van der Waals surface area contributed by atoms with Gasteiger partial charge < -0.3 is 15.2 Å². The number of aliphatic imine (C=N–C) groups is 1. The number of benzene rings is 1. The number of aromatic nitrogens is 1. The zero-order valence-corrected chi connectivity index (χ0v) is 17.3. The van der Waals surface area contributed by atoms with Gasteiger partial charge in [-0.05, 0) is 50.5 Å². The summed E-state index contributed by atoms with van der Waals surface area (Å²) < 4.78 is 1.81. The molecule has 0 saturated carbocycles. The third kappa shape index (κ3) is 6.92. The van der Waals surface area contributed by atoms with Crippen LogP contribution in [0.1, 0.15) is 31.0 Å². The van der Waals surface area contributed by atoms with E-state index in [0.29, 0.717) is 16.6 Å². The second kappa shape index (κ2) is 11.0. The highest BCUT2D eigenvalue weighted by Crippen LogP contribution is 2.21. The molecule has 2 rings (SSSR count). The number of nitrogens with zero attached hydrogens (tertiary/aromatic N) is 2. The minimum atomic E-state index is 0.0534. The normalized spacial score (nSPS) is 11.5. The number of halogens is 2. The molecule has 2 aromatic rings. The first-order chi connectivity index (χ1) is 13.0. The Morgan fingerprint density at radius 2 is 1.96 bits per heavy atom. The Morgan fingerprint density at radius 3 is 2.67 bits per heavy atom. The van der Waals surface area contributed by atoms with Crippen LogP contribution in [-0.4, -0.2) is 23.6 Å². The van der Waals surface area contributed by atoms with Crippen molar-refractivity contribution < 1.29 is 0 Å². The number of pyridine rings is 1. The van der Waals surface area contributed by atoms with E-state index in [9.17, 15) is 4.79 Å². The fraction of sp³-hybridized carbons (Fsp3) is 0.400. The Bertz CT molecular complexity index is 833. The maximum Gasteiger partial charge on any atom is 0.250 e. The fourth-order valence-electron chi connectivity index (χ4n) is 2.67. The standard InChI is InChI=1S/C20H26Cl2N4O/c1-3-23-20(25-14-16-9-10-17(21)13-18(16)22)24-11-4-5-12-26-15(2)7-6-8-19(26)27/h6-10,13H,3-5,11-12,14H2,1-2H3,(H2,23,24,25). The molecule has 0 aliphatic rings. The van der Waals surface area contributed by atoms with Gasteiger partial charge in [-0.2, -0.15) is 0 Å². The molecule has 0 aliphatic heterocycles. The van der Waals surface area contributed by atoms with Crippen LogP contribution < -0.4 is 16.2 Å². The van der Waals surface area contributed by atoms with Crippen molar-refractivity contribution in [1.29, 1.82) is 0 Å². The molecule has 27 heavy (non-hydrogen) atoms. The lowest BCUT2D eigenvalue weighted by Gasteiger charge is -2.12. The molecule has 2 N–H and O–H groups in total. The van der Waals surface area contributed by atoms with Gasteiger partial charge in [0.25, 0.3) is 5.56 Å². The summed E-state index contributed by atoms with van der Waals surface area (Å²) in [5.41, 5.74) is 1.97. The molecular formula is C20H26Cl2N4O. The molecular weight excluding hydrogens is 383 g/mol. The van der Waals surface area contributed by atoms with Gasteiger partial charge in [-0.1, -0.05) is 35.3 Å². The minimum Gasteiger partial charge on any atom is -0.357 e. The monoisotopic (exact) mass is 408 g/mol. The maximum absolute atomic E-state index is 11.9. The molecule has 146 valence electrons. The summed E-state index contributed by atoms with van der Waals surface area (Å²) in [6.07, 6.45) is 1.85. The van der Waals surface area contributed by atoms with Crippen LogP contribution in [-0.2, 0) is 13.1 Å². The highest BCUT2D eigenvalue weighted by atomic mass is 35.5. The van der Waals surface area contributed by atoms with Crippen LogP contribution >= 0.6 is 23.2 Å². The molecule has 1 aromatic heterocycles. The minimum absolute atomic E-state index is 0.0534. The first-order valence-electron chi connectivity index (χ1n) is 9.14. The molecule has 0 fully saturated rings. The van der Waals surface area contributed by atoms with E-state index in [1.54, 1.807) is 18.2 Å². The molecule has 0 amide bonds. The molecule has 0 aliphatic carbocycles. The van der Waals surface area contributed by atoms with Crippen LogP contribution in [0.4, 0.5) is 0 Å². The van der Waals surface area contributed by atoms with Crippen LogP contribution in [0.3, 0.4) is 0 Å². The van der Waals surface area contributed by atoms with Crippen molar-refractivity contribution in [3.8, 4) is 0 Å². The molecule has 0 atom stereocenters. The topological polar surface area (TPSA) is 58.4 Å². The van der Waals surface area contributed by atoms with Gasteiger partial charge in [0.15, 0.2) is 5.96 Å². The zero-order chi connectivity index (χ0) is 19.6. The van der Waals surface area contributed by atoms with Crippen molar-refractivity contribution in [3.05, 3.63) is 68.1 Å². The quantitative estimate of drug-likeness (QED) is 0.394. The lowest BCUT2D eigenvalue weighted by atomic mass is 10.2. The van der Waals surface area contributed by atoms with E-state index in [4.69, 9.17) is 23.2 Å². The summed E-state index contributed by atoms with van der Waals surface area (Å²) in [6, 6.07) is 10.8. The average Bonchev–Trinajstić information content (AvgIpc) is 2.62. The summed E-state index contributed by atoms with van der Waals surface area (Å²) in [7, 11) is 0. The van der Waals surface area contributed by atoms with Crippen LogP contribution in [0.25, 0.3) is 0 Å². The summed E-state index contributed by atoms with van der Waals surface area (Å²) in [6.45, 7) is 6.74. The highest BCUT2D eigenvalue weighted by molar-refractivity contribution is 6.35. The largest absolute Gasteiger partial charge is 0.357 e. The van der Waals surface area contributed by atoms with E-state index in [2.05, 4.69) is 15.6 Å². The fourth-order valence-corrected chi connectivity index (χ4v) is 3.14. The van der Waals surface area contributed by atoms with Gasteiger partial charge >= 0.3 is 0 Å². The molecule has 0 unspecified atom stereocenters. The predicted octanol–water partition coefficient (Wildman–Crippen LogP) is 4.00. The van der Waals surface area contributed by atoms with Gasteiger partial charge in [0.05, 0.1) is 6.54 Å². The number of nitrogens with one attached hydrogen (secondary N) is 2. The van der Waals surface area contributed by atoms with E-state index in [1.165, 1.54) is 0 Å². The predicted molar refractivity (Wildman–Crippen MR) is 114 cm³/mol. The Kier molecular flexibility index (Phi) is 8.69. The van der Waals surface area contributed by atoms with Gasteiger partial charge in [-0.15, -0.1) is 0 Å². The Labute approximate surface area is 170 Å². The lowest BCUT2D eigenvalue weighted by molar-refractivity contribution is 0.575. The van der Waals surface area contributed by atoms with Crippen LogP contribution in [0.2, 0.25) is 10.0 Å². The highest BCUT2D eigenvalue weighted by Gasteiger charge is 2.03. The Hall–Kier alpha value is -1.98. The van der Waals surface area contributed by atoms with E-state index >= 15 is 0 Å². The number of rotatable bonds is 8. The molecule has 0 saturated heterocycles. The maximum atomic E-state index is 11.9. The van der Waals surface area contributed by atoms with Crippen LogP contribution in [0.15, 0.2) is 46.2 Å². The number of hydrogen-bond donors (Lipinski definition) is 2. The third-order valence-corrected chi connectivity index (χ3v) is 4.72. The van der Waals surface area contributed by atoms with E-state index in [-0.39, 0.29) is 5.56 Å². The first kappa shape index (κ1) is 21.3. The van der Waals surface area contributed by atoms with Gasteiger partial charge in [-0.25, -0.2) is 4.99 Å². The van der Waals surface area contributed by atoms with E-state index < -0.39 is 0 Å². The second-order valence-corrected chi connectivity index (χ2v) is 7.07. The van der Waals surface area contributed by atoms with Crippen molar-refractivity contribution in [2.75, 3.05) is 13.1 Å². The molecule has 7 heteroatoms. The Balaban J connectivity index is 1.82. The van der Waals surface area contributed by atoms with Crippen molar-refractivity contribution in [3.63, 3.8) is 0 Å². The van der Waals surface area contributed by atoms with E-state index in [0.717, 1.165) is 49.7 Å². The number of unbranched alkanes of at least 4 members (excludes halogenated alkanes) is 1. The smallest absolute Gasteiger partial charge is 0.250 e. The van der Waals surface area contributed by atoms with Crippen molar-refractivity contribution >= 4 is 29.2 Å². The zero-order valence-electron chi connectivity index (χ0n) is 15.8. The lowest BCUT2D eigenvalue weighted by Crippen LogP contribution is -2.37. The third-order valence-electron chi connectivity index (χ3n) is 4.14. The molecule has 5 nitrogen and oxygen atoms in total. The Morgan fingerprint density at radius 1 is 1.15 bits per heavy atom. The van der Waals surface area contributed by atoms with E-state index in [1.807, 2.05) is 36.6 Å². The summed E-state index contributed by atoms with van der Waals surface area (Å²) in [5, 5.41) is 7.78.